The van der Waals surface area contributed by atoms with E-state index in [1.807, 2.05) is 0 Å². The maximum absolute atomic E-state index is 13.3. The summed E-state index contributed by atoms with van der Waals surface area (Å²) in [6.45, 7) is 4.33. The molecule has 0 aliphatic rings. The minimum Gasteiger partial charge on any atom is -0.494 e. The van der Waals surface area contributed by atoms with E-state index in [1.165, 1.54) is 6.08 Å². The fourth-order valence-electron chi connectivity index (χ4n) is 4.91. The molecule has 0 heterocycles. The van der Waals surface area contributed by atoms with E-state index in [-0.39, 0.29) is 18.9 Å². The molecule has 0 fully saturated rings. The highest BCUT2D eigenvalue weighted by Crippen LogP contribution is 2.26. The van der Waals surface area contributed by atoms with Crippen molar-refractivity contribution in [2.75, 3.05) is 13.3 Å². The molecule has 12 heteroatoms. The molecule has 3 atom stereocenters. The number of hydrogen-bond acceptors (Lipinski definition) is 7. The molecule has 0 saturated heterocycles. The van der Waals surface area contributed by atoms with E-state index < -0.39 is 47.8 Å². The number of hydrogen-bond donors (Lipinski definition) is 5. The van der Waals surface area contributed by atoms with Gasteiger partial charge in [0.1, 0.15) is 17.6 Å². The van der Waals surface area contributed by atoms with Crippen LogP contribution in [0.3, 0.4) is 0 Å². The van der Waals surface area contributed by atoms with Gasteiger partial charge in [-0.25, -0.2) is 9.59 Å². The second kappa shape index (κ2) is 22.7. The van der Waals surface area contributed by atoms with Crippen LogP contribution in [0.15, 0.2) is 36.4 Å². The van der Waals surface area contributed by atoms with Crippen LogP contribution in [-0.4, -0.2) is 74.9 Å². The average Bonchev–Trinajstić information content (AvgIpc) is 2.99. The zero-order valence-electron chi connectivity index (χ0n) is 27.6. The molecule has 5 N–H and O–H groups in total. The van der Waals surface area contributed by atoms with Crippen LogP contribution in [0.4, 0.5) is 4.39 Å². The minimum absolute atomic E-state index is 0.157. The van der Waals surface area contributed by atoms with Gasteiger partial charge < -0.3 is 30.5 Å². The number of ketones is 1. The van der Waals surface area contributed by atoms with Crippen molar-refractivity contribution in [1.29, 1.82) is 0 Å². The van der Waals surface area contributed by atoms with E-state index >= 15 is 0 Å². The lowest BCUT2D eigenvalue weighted by Crippen LogP contribution is -2.55. The third-order valence-electron chi connectivity index (χ3n) is 7.77. The Morgan fingerprint density at radius 3 is 2.02 bits per heavy atom. The van der Waals surface area contributed by atoms with Gasteiger partial charge in [0, 0.05) is 19.3 Å². The van der Waals surface area contributed by atoms with Crippen LogP contribution in [0.25, 0.3) is 0 Å². The van der Waals surface area contributed by atoms with Crippen molar-refractivity contribution >= 4 is 29.6 Å². The standard InChI is InChI=1S/C35H52FNO10/c1-25(2)20-22-47-28-18-16-26(17-19-28)23-30(33(42)43)37-32(41)29(35(46,34(44)45)24-31(39)40)15-11-6-4-3-5-9-13-27(38)14-10-7-8-12-21-36/h11,15-19,25,29-30,46H,3-10,12-14,20-24H2,1-2H3,(H,37,41)(H,39,40)(H,42,43)(H,44,45)/b15-11+. The van der Waals surface area contributed by atoms with Crippen molar-refractivity contribution in [2.45, 2.75) is 115 Å². The molecule has 11 nitrogen and oxygen atoms in total. The first kappa shape index (κ1) is 41.2. The number of carbonyl (C=O) groups excluding carboxylic acids is 2. The third kappa shape index (κ3) is 17.1. The number of carboxylic acids is 3. The highest BCUT2D eigenvalue weighted by atomic mass is 19.1. The van der Waals surface area contributed by atoms with E-state index in [2.05, 4.69) is 19.2 Å². The maximum atomic E-state index is 13.3. The van der Waals surface area contributed by atoms with Crippen LogP contribution in [-0.2, 0) is 30.4 Å². The van der Waals surface area contributed by atoms with Gasteiger partial charge >= 0.3 is 17.9 Å². The smallest absolute Gasteiger partial charge is 0.337 e. The first-order chi connectivity index (χ1) is 22.3. The van der Waals surface area contributed by atoms with Gasteiger partial charge in [0.25, 0.3) is 0 Å². The summed E-state index contributed by atoms with van der Waals surface area (Å²) < 4.78 is 17.8. The van der Waals surface area contributed by atoms with Crippen molar-refractivity contribution in [2.24, 2.45) is 11.8 Å². The lowest BCUT2D eigenvalue weighted by molar-refractivity contribution is -0.172. The van der Waals surface area contributed by atoms with Crippen LogP contribution < -0.4 is 10.1 Å². The van der Waals surface area contributed by atoms with Crippen molar-refractivity contribution in [3.8, 4) is 5.75 Å². The summed E-state index contributed by atoms with van der Waals surface area (Å²) in [5.41, 5.74) is -2.48. The molecule has 0 saturated carbocycles. The molecule has 1 amide bonds. The molecule has 0 aliphatic carbocycles. The molecule has 0 radical (unpaired) electrons. The number of rotatable bonds is 27. The molecule has 47 heavy (non-hydrogen) atoms. The zero-order valence-corrected chi connectivity index (χ0v) is 27.6. The van der Waals surface area contributed by atoms with E-state index in [1.54, 1.807) is 24.3 Å². The zero-order chi connectivity index (χ0) is 35.2. The van der Waals surface area contributed by atoms with Crippen molar-refractivity contribution in [3.05, 3.63) is 42.0 Å². The van der Waals surface area contributed by atoms with Gasteiger partial charge in [-0.1, -0.05) is 63.8 Å². The Labute approximate surface area is 276 Å². The third-order valence-corrected chi connectivity index (χ3v) is 7.77. The largest absolute Gasteiger partial charge is 0.494 e. The number of nitrogens with one attached hydrogen (secondary N) is 1. The van der Waals surface area contributed by atoms with Gasteiger partial charge in [-0.15, -0.1) is 0 Å². The Bertz CT molecular complexity index is 1150. The number of carbonyl (C=O) groups is 5. The topological polar surface area (TPSA) is 188 Å². The number of ether oxygens (including phenoxy) is 1. The highest BCUT2D eigenvalue weighted by Gasteiger charge is 2.49. The summed E-state index contributed by atoms with van der Waals surface area (Å²) in [5, 5.41) is 42.0. The number of allylic oxidation sites excluding steroid dienone is 1. The first-order valence-electron chi connectivity index (χ1n) is 16.5. The van der Waals surface area contributed by atoms with Gasteiger partial charge in [0.2, 0.25) is 5.91 Å². The Kier molecular flexibility index (Phi) is 19.9. The number of alkyl halides is 1. The molecular weight excluding hydrogens is 613 g/mol. The Hall–Kier alpha value is -3.80. The van der Waals surface area contributed by atoms with Crippen molar-refractivity contribution in [1.82, 2.24) is 5.32 Å². The van der Waals surface area contributed by atoms with E-state index in [0.717, 1.165) is 44.6 Å². The number of aliphatic hydroxyl groups is 1. The number of amides is 1. The lowest BCUT2D eigenvalue weighted by Gasteiger charge is -2.29. The highest BCUT2D eigenvalue weighted by molar-refractivity contribution is 5.94. The number of carboxylic acid groups (broad SMARTS) is 3. The normalized spacial score (nSPS) is 14.0. The van der Waals surface area contributed by atoms with Crippen LogP contribution in [0.5, 0.6) is 5.75 Å². The van der Waals surface area contributed by atoms with Crippen molar-refractivity contribution in [3.63, 3.8) is 0 Å². The second-order valence-electron chi connectivity index (χ2n) is 12.3. The average molecular weight is 666 g/mol. The van der Waals surface area contributed by atoms with Gasteiger partial charge in [0.15, 0.2) is 5.60 Å². The molecule has 3 unspecified atom stereocenters. The van der Waals surface area contributed by atoms with E-state index in [4.69, 9.17) is 4.74 Å². The fourth-order valence-corrected chi connectivity index (χ4v) is 4.91. The molecule has 1 rings (SSSR count). The number of aliphatic carboxylic acids is 3. The molecule has 0 aromatic heterocycles. The Balaban J connectivity index is 2.82. The summed E-state index contributed by atoms with van der Waals surface area (Å²) in [6, 6.07) is 5.15. The van der Waals surface area contributed by atoms with E-state index in [0.29, 0.717) is 62.4 Å². The van der Waals surface area contributed by atoms with Gasteiger partial charge in [-0.2, -0.15) is 0 Å². The molecule has 0 spiro atoms. The van der Waals surface area contributed by atoms with Crippen molar-refractivity contribution < 1.29 is 53.5 Å². The Morgan fingerprint density at radius 1 is 0.894 bits per heavy atom. The molecule has 1 aromatic carbocycles. The monoisotopic (exact) mass is 665 g/mol. The minimum atomic E-state index is -3.03. The number of unbranched alkanes of at least 4 members (excludes halogenated alkanes) is 7. The molecule has 264 valence electrons. The van der Waals surface area contributed by atoms with Crippen LogP contribution in [0.2, 0.25) is 0 Å². The number of halogens is 1. The SMILES string of the molecule is CC(C)CCOc1ccc(CC(NC(=O)C(/C=C/CCCCCCC(=O)CCCCCCF)C(O)(CC(=O)O)C(=O)O)C(=O)O)cc1. The maximum Gasteiger partial charge on any atom is 0.337 e. The summed E-state index contributed by atoms with van der Waals surface area (Å²) >= 11 is 0. The first-order valence-corrected chi connectivity index (χ1v) is 16.5. The fraction of sp³-hybridized carbons (Fsp3) is 0.629. The predicted octanol–water partition coefficient (Wildman–Crippen LogP) is 5.52. The summed E-state index contributed by atoms with van der Waals surface area (Å²) in [7, 11) is 0. The molecule has 0 aliphatic heterocycles. The number of Topliss-reactive ketones (excluding diaryl/α,β-unsaturated/α-hetero) is 1. The van der Waals surface area contributed by atoms with Gasteiger partial charge in [-0.3, -0.25) is 18.8 Å². The van der Waals surface area contributed by atoms with E-state index in [9.17, 15) is 48.8 Å². The Morgan fingerprint density at radius 2 is 1.49 bits per heavy atom. The summed E-state index contributed by atoms with van der Waals surface area (Å²) in [5.74, 6) is -6.77. The molecule has 1 aromatic rings. The number of benzene rings is 1. The molecular formula is C35H52FNO10. The van der Waals surface area contributed by atoms with Gasteiger partial charge in [0.05, 0.1) is 25.6 Å². The second-order valence-corrected chi connectivity index (χ2v) is 12.3. The summed E-state index contributed by atoms with van der Waals surface area (Å²) in [4.78, 5) is 60.8. The quantitative estimate of drug-likeness (QED) is 0.0592. The van der Waals surface area contributed by atoms with Crippen LogP contribution >= 0.6 is 0 Å². The molecule has 0 bridgehead atoms. The lowest BCUT2D eigenvalue weighted by atomic mass is 9.82. The van der Waals surface area contributed by atoms with Crippen LogP contribution in [0.1, 0.15) is 103 Å². The van der Waals surface area contributed by atoms with Gasteiger partial charge in [-0.05, 0) is 62.1 Å². The summed E-state index contributed by atoms with van der Waals surface area (Å²) in [6.07, 6.45) is 9.08. The predicted molar refractivity (Wildman–Crippen MR) is 174 cm³/mol. The van der Waals surface area contributed by atoms with Crippen LogP contribution in [0, 0.1) is 11.8 Å².